The number of pyridine rings is 1. The van der Waals surface area contributed by atoms with Gasteiger partial charge in [-0.2, -0.15) is 0 Å². The maximum atomic E-state index is 13.2. The van der Waals surface area contributed by atoms with Gasteiger partial charge in [-0.25, -0.2) is 4.98 Å². The van der Waals surface area contributed by atoms with E-state index in [2.05, 4.69) is 21.4 Å². The number of H-pyrrole nitrogens is 1. The summed E-state index contributed by atoms with van der Waals surface area (Å²) >= 11 is 0. The fourth-order valence-corrected chi connectivity index (χ4v) is 4.68. The zero-order valence-corrected chi connectivity index (χ0v) is 18.9. The lowest BCUT2D eigenvalue weighted by atomic mass is 10.1. The van der Waals surface area contributed by atoms with Gasteiger partial charge in [-0.1, -0.05) is 30.3 Å². The summed E-state index contributed by atoms with van der Waals surface area (Å²) in [6.45, 7) is 0.855. The molecule has 6 rings (SSSR count). The lowest BCUT2D eigenvalue weighted by Gasteiger charge is -2.12. The van der Waals surface area contributed by atoms with Crippen molar-refractivity contribution in [2.45, 2.75) is 13.0 Å². The third-order valence-corrected chi connectivity index (χ3v) is 6.38. The number of aromatic nitrogens is 4. The van der Waals surface area contributed by atoms with Crippen LogP contribution in [0.15, 0.2) is 96.2 Å². The molecule has 2 aromatic carbocycles. The number of nitrogens with zero attached hydrogens (tertiary/aromatic N) is 3. The Morgan fingerprint density at radius 1 is 0.971 bits per heavy atom. The van der Waals surface area contributed by atoms with E-state index in [-0.39, 0.29) is 11.5 Å². The Balaban J connectivity index is 1.22. The van der Waals surface area contributed by atoms with Crippen molar-refractivity contribution in [1.82, 2.24) is 24.3 Å². The minimum atomic E-state index is -0.135. The van der Waals surface area contributed by atoms with Crippen molar-refractivity contribution < 1.29 is 4.79 Å². The molecule has 0 bridgehead atoms. The molecule has 6 aromatic rings. The molecule has 0 fully saturated rings. The zero-order chi connectivity index (χ0) is 23.8. The average molecular weight is 462 g/mol. The standard InChI is InChI=1S/C28H23N5O2/c34-27(30-14-12-21-17-31-23-9-2-1-8-22(21)23)20-7-3-6-19(16-20)18-33-26-24(10-4-13-29-26)32-15-5-11-25(32)28(33)35/h1-11,13,15-17,31H,12,14,18H2,(H,30,34). The molecule has 2 N–H and O–H groups in total. The molecule has 0 aliphatic heterocycles. The Morgan fingerprint density at radius 2 is 1.86 bits per heavy atom. The van der Waals surface area contributed by atoms with Gasteiger partial charge < -0.3 is 14.7 Å². The Labute approximate surface area is 200 Å². The van der Waals surface area contributed by atoms with E-state index in [1.165, 1.54) is 10.9 Å². The quantitative estimate of drug-likeness (QED) is 0.391. The Kier molecular flexibility index (Phi) is 5.15. The first kappa shape index (κ1) is 20.9. The topological polar surface area (TPSA) is 84.2 Å². The van der Waals surface area contributed by atoms with Crippen molar-refractivity contribution in [2.24, 2.45) is 0 Å². The predicted octanol–water partition coefficient (Wildman–Crippen LogP) is 4.15. The van der Waals surface area contributed by atoms with Gasteiger partial charge in [0.25, 0.3) is 11.5 Å². The Hall–Kier alpha value is -4.65. The van der Waals surface area contributed by atoms with Crippen LogP contribution in [0.5, 0.6) is 0 Å². The number of amides is 1. The fourth-order valence-electron chi connectivity index (χ4n) is 4.68. The summed E-state index contributed by atoms with van der Waals surface area (Å²) < 4.78 is 3.53. The average Bonchev–Trinajstić information content (AvgIpc) is 3.55. The molecule has 7 heteroatoms. The van der Waals surface area contributed by atoms with Crippen molar-refractivity contribution in [2.75, 3.05) is 6.54 Å². The minimum absolute atomic E-state index is 0.116. The number of hydrogen-bond donors (Lipinski definition) is 2. The van der Waals surface area contributed by atoms with Gasteiger partial charge in [0.2, 0.25) is 0 Å². The molecular weight excluding hydrogens is 438 g/mol. The van der Waals surface area contributed by atoms with Crippen LogP contribution in [-0.4, -0.2) is 31.4 Å². The molecule has 0 saturated carbocycles. The molecule has 7 nitrogen and oxygen atoms in total. The van der Waals surface area contributed by atoms with Gasteiger partial charge in [0, 0.05) is 41.6 Å². The van der Waals surface area contributed by atoms with Crippen LogP contribution in [0.4, 0.5) is 0 Å². The normalized spacial score (nSPS) is 11.4. The second-order valence-electron chi connectivity index (χ2n) is 8.57. The maximum Gasteiger partial charge on any atom is 0.276 e. The number of carbonyl (C=O) groups excluding carboxylic acids is 1. The molecule has 0 spiro atoms. The van der Waals surface area contributed by atoms with Crippen LogP contribution in [-0.2, 0) is 13.0 Å². The molecule has 0 aliphatic carbocycles. The second-order valence-corrected chi connectivity index (χ2v) is 8.57. The van der Waals surface area contributed by atoms with E-state index in [0.717, 1.165) is 23.0 Å². The van der Waals surface area contributed by atoms with Gasteiger partial charge in [-0.05, 0) is 60.0 Å². The Bertz CT molecular complexity index is 1760. The number of para-hydroxylation sites is 1. The van der Waals surface area contributed by atoms with Gasteiger partial charge >= 0.3 is 0 Å². The summed E-state index contributed by atoms with van der Waals surface area (Å²) in [6, 6.07) is 23.0. The molecule has 1 amide bonds. The molecular formula is C28H23N5O2. The van der Waals surface area contributed by atoms with Gasteiger partial charge in [0.05, 0.1) is 12.1 Å². The van der Waals surface area contributed by atoms with Crippen LogP contribution in [0, 0.1) is 0 Å². The van der Waals surface area contributed by atoms with E-state index in [9.17, 15) is 9.59 Å². The zero-order valence-electron chi connectivity index (χ0n) is 18.9. The molecule has 0 radical (unpaired) electrons. The van der Waals surface area contributed by atoms with Crippen molar-refractivity contribution in [3.05, 3.63) is 118 Å². The molecule has 0 unspecified atom stereocenters. The first-order valence-electron chi connectivity index (χ1n) is 11.6. The molecule has 4 aromatic heterocycles. The number of carbonyl (C=O) groups is 1. The van der Waals surface area contributed by atoms with Crippen LogP contribution >= 0.6 is 0 Å². The van der Waals surface area contributed by atoms with E-state index in [1.54, 1.807) is 16.8 Å². The number of aromatic amines is 1. The van der Waals surface area contributed by atoms with Crippen molar-refractivity contribution in [1.29, 1.82) is 0 Å². The molecule has 0 atom stereocenters. The van der Waals surface area contributed by atoms with Crippen LogP contribution in [0.25, 0.3) is 27.6 Å². The molecule has 172 valence electrons. The summed E-state index contributed by atoms with van der Waals surface area (Å²) in [6.07, 6.45) is 6.28. The monoisotopic (exact) mass is 461 g/mol. The van der Waals surface area contributed by atoms with Gasteiger partial charge in [0.15, 0.2) is 5.65 Å². The number of rotatable bonds is 6. The first-order chi connectivity index (χ1) is 17.2. The minimum Gasteiger partial charge on any atom is -0.361 e. The van der Waals surface area contributed by atoms with Gasteiger partial charge in [-0.3, -0.25) is 14.2 Å². The summed E-state index contributed by atoms with van der Waals surface area (Å²) in [4.78, 5) is 33.8. The number of hydrogen-bond acceptors (Lipinski definition) is 3. The largest absolute Gasteiger partial charge is 0.361 e. The predicted molar refractivity (Wildman–Crippen MR) is 137 cm³/mol. The van der Waals surface area contributed by atoms with E-state index < -0.39 is 0 Å². The van der Waals surface area contributed by atoms with Crippen LogP contribution in [0.1, 0.15) is 21.5 Å². The summed E-state index contributed by atoms with van der Waals surface area (Å²) in [5.41, 5.74) is 5.64. The lowest BCUT2D eigenvalue weighted by molar-refractivity contribution is 0.0954. The maximum absolute atomic E-state index is 13.2. The van der Waals surface area contributed by atoms with Crippen LogP contribution in [0.2, 0.25) is 0 Å². The number of benzene rings is 2. The van der Waals surface area contributed by atoms with Crippen LogP contribution < -0.4 is 10.9 Å². The van der Waals surface area contributed by atoms with Crippen molar-refractivity contribution in [3.63, 3.8) is 0 Å². The van der Waals surface area contributed by atoms with Gasteiger partial charge in [-0.15, -0.1) is 0 Å². The van der Waals surface area contributed by atoms with Gasteiger partial charge in [0.1, 0.15) is 5.52 Å². The van der Waals surface area contributed by atoms with E-state index in [1.807, 2.05) is 77.5 Å². The lowest BCUT2D eigenvalue weighted by Crippen LogP contribution is -2.26. The van der Waals surface area contributed by atoms with E-state index in [4.69, 9.17) is 0 Å². The third-order valence-electron chi connectivity index (χ3n) is 6.38. The smallest absolute Gasteiger partial charge is 0.276 e. The van der Waals surface area contributed by atoms with Crippen LogP contribution in [0.3, 0.4) is 0 Å². The number of nitrogens with one attached hydrogen (secondary N) is 2. The molecule has 4 heterocycles. The highest BCUT2D eigenvalue weighted by Crippen LogP contribution is 2.18. The van der Waals surface area contributed by atoms with E-state index >= 15 is 0 Å². The molecule has 0 aliphatic rings. The van der Waals surface area contributed by atoms with Crippen molar-refractivity contribution >= 4 is 33.5 Å². The molecule has 35 heavy (non-hydrogen) atoms. The SMILES string of the molecule is O=C(NCCc1c[nH]c2ccccc12)c1cccc(Cn2c(=O)c3cccn3c3cccnc32)c1. The highest BCUT2D eigenvalue weighted by atomic mass is 16.1. The summed E-state index contributed by atoms with van der Waals surface area (Å²) in [5, 5.41) is 4.19. The fraction of sp³-hybridized carbons (Fsp3) is 0.107. The summed E-state index contributed by atoms with van der Waals surface area (Å²) in [5.74, 6) is -0.135. The molecule has 0 saturated heterocycles. The Morgan fingerprint density at radius 3 is 2.80 bits per heavy atom. The highest BCUT2D eigenvalue weighted by Gasteiger charge is 2.13. The first-order valence-corrected chi connectivity index (χ1v) is 11.6. The second kappa shape index (κ2) is 8.61. The van der Waals surface area contributed by atoms with Crippen molar-refractivity contribution in [3.8, 4) is 0 Å². The van der Waals surface area contributed by atoms with E-state index in [0.29, 0.717) is 29.8 Å². The third kappa shape index (κ3) is 3.77. The highest BCUT2D eigenvalue weighted by molar-refractivity contribution is 5.94. The summed E-state index contributed by atoms with van der Waals surface area (Å²) in [7, 11) is 0. The number of fused-ring (bicyclic) bond motifs is 4.